The fraction of sp³-hybridized carbons (Fsp3) is 0.455. The molecule has 0 amide bonds. The van der Waals surface area contributed by atoms with Gasteiger partial charge in [0.25, 0.3) is 0 Å². The predicted octanol–water partition coefficient (Wildman–Crippen LogP) is 4.30. The van der Waals surface area contributed by atoms with E-state index in [1.54, 1.807) is 0 Å². The van der Waals surface area contributed by atoms with Gasteiger partial charge >= 0.3 is 0 Å². The summed E-state index contributed by atoms with van der Waals surface area (Å²) in [6.07, 6.45) is -0.0474. The summed E-state index contributed by atoms with van der Waals surface area (Å²) in [5.41, 5.74) is 6.75. The van der Waals surface area contributed by atoms with Crippen LogP contribution in [0.25, 0.3) is 11.1 Å². The van der Waals surface area contributed by atoms with Crippen molar-refractivity contribution in [1.29, 1.82) is 0 Å². The summed E-state index contributed by atoms with van der Waals surface area (Å²) < 4.78 is 17.3. The minimum Gasteiger partial charge on any atom is -0.491 e. The summed E-state index contributed by atoms with van der Waals surface area (Å²) in [6, 6.07) is 10.2. The molecule has 26 heavy (non-hydrogen) atoms. The Labute approximate surface area is 155 Å². The standard InChI is InChI=1S/C22H28O4/c1-14-9-18(24-12-19-13-25-22(4,5)26-19)10-15(2)21(14)20-8-6-7-17(11-23)16(20)3/h6-10,19,23H,11-13H2,1-5H3/t19-/m0/s1. The van der Waals surface area contributed by atoms with Gasteiger partial charge in [-0.3, -0.25) is 0 Å². The van der Waals surface area contributed by atoms with Crippen LogP contribution in [0.4, 0.5) is 0 Å². The second-order valence-corrected chi connectivity index (χ2v) is 7.44. The van der Waals surface area contributed by atoms with Crippen molar-refractivity contribution in [3.05, 3.63) is 52.6 Å². The molecular formula is C22H28O4. The van der Waals surface area contributed by atoms with Gasteiger partial charge in [0.15, 0.2) is 5.79 Å². The molecule has 4 heteroatoms. The van der Waals surface area contributed by atoms with Crippen LogP contribution in [0.5, 0.6) is 5.75 Å². The van der Waals surface area contributed by atoms with Crippen molar-refractivity contribution in [1.82, 2.24) is 0 Å². The van der Waals surface area contributed by atoms with Gasteiger partial charge in [0.2, 0.25) is 0 Å². The lowest BCUT2D eigenvalue weighted by atomic mass is 9.90. The summed E-state index contributed by atoms with van der Waals surface area (Å²) in [4.78, 5) is 0. The molecule has 1 heterocycles. The van der Waals surface area contributed by atoms with Crippen molar-refractivity contribution in [3.63, 3.8) is 0 Å². The molecule has 0 radical (unpaired) electrons. The molecule has 1 aliphatic heterocycles. The van der Waals surface area contributed by atoms with Gasteiger partial charge < -0.3 is 19.3 Å². The zero-order chi connectivity index (χ0) is 18.9. The Balaban J connectivity index is 1.81. The Morgan fingerprint density at radius 3 is 2.42 bits per heavy atom. The fourth-order valence-electron chi connectivity index (χ4n) is 3.59. The van der Waals surface area contributed by atoms with E-state index in [4.69, 9.17) is 14.2 Å². The molecule has 1 atom stereocenters. The summed E-state index contributed by atoms with van der Waals surface area (Å²) >= 11 is 0. The van der Waals surface area contributed by atoms with Crippen LogP contribution in [0.3, 0.4) is 0 Å². The van der Waals surface area contributed by atoms with Gasteiger partial charge in [0.05, 0.1) is 13.2 Å². The molecule has 2 aromatic rings. The maximum absolute atomic E-state index is 9.54. The van der Waals surface area contributed by atoms with Crippen molar-refractivity contribution in [3.8, 4) is 16.9 Å². The molecule has 3 rings (SSSR count). The van der Waals surface area contributed by atoms with Crippen LogP contribution in [0, 0.1) is 20.8 Å². The zero-order valence-electron chi connectivity index (χ0n) is 16.3. The highest BCUT2D eigenvalue weighted by molar-refractivity contribution is 5.75. The van der Waals surface area contributed by atoms with E-state index >= 15 is 0 Å². The Bertz CT molecular complexity index is 772. The molecule has 0 bridgehead atoms. The lowest BCUT2D eigenvalue weighted by Crippen LogP contribution is -2.25. The summed E-state index contributed by atoms with van der Waals surface area (Å²) in [5.74, 6) is 0.312. The topological polar surface area (TPSA) is 47.9 Å². The van der Waals surface area contributed by atoms with Gasteiger partial charge in [0.1, 0.15) is 18.5 Å². The SMILES string of the molecule is Cc1cc(OC[C@H]2COC(C)(C)O2)cc(C)c1-c1cccc(CO)c1C. The Hall–Kier alpha value is -1.88. The maximum Gasteiger partial charge on any atom is 0.163 e. The third kappa shape index (κ3) is 3.93. The fourth-order valence-corrected chi connectivity index (χ4v) is 3.59. The van der Waals surface area contributed by atoms with Crippen LogP contribution in [0.2, 0.25) is 0 Å². The van der Waals surface area contributed by atoms with E-state index in [0.29, 0.717) is 13.2 Å². The van der Waals surface area contributed by atoms with Crippen LogP contribution in [0.1, 0.15) is 36.1 Å². The molecule has 0 aromatic heterocycles. The summed E-state index contributed by atoms with van der Waals surface area (Å²) in [5, 5.41) is 9.54. The van der Waals surface area contributed by atoms with Gasteiger partial charge in [-0.25, -0.2) is 0 Å². The first-order chi connectivity index (χ1) is 12.3. The van der Waals surface area contributed by atoms with Gasteiger partial charge in [0, 0.05) is 0 Å². The monoisotopic (exact) mass is 356 g/mol. The van der Waals surface area contributed by atoms with E-state index in [2.05, 4.69) is 39.0 Å². The van der Waals surface area contributed by atoms with E-state index in [9.17, 15) is 5.11 Å². The molecule has 140 valence electrons. The van der Waals surface area contributed by atoms with E-state index in [1.807, 2.05) is 26.0 Å². The Morgan fingerprint density at radius 2 is 1.85 bits per heavy atom. The molecule has 1 N–H and O–H groups in total. The smallest absolute Gasteiger partial charge is 0.163 e. The second kappa shape index (κ2) is 7.39. The van der Waals surface area contributed by atoms with Crippen molar-refractivity contribution in [2.24, 2.45) is 0 Å². The molecule has 4 nitrogen and oxygen atoms in total. The number of rotatable bonds is 5. The first kappa shape index (κ1) is 18.9. The van der Waals surface area contributed by atoms with Crippen LogP contribution < -0.4 is 4.74 Å². The molecule has 1 fully saturated rings. The minimum atomic E-state index is -0.529. The number of ether oxygens (including phenoxy) is 3. The second-order valence-electron chi connectivity index (χ2n) is 7.44. The van der Waals surface area contributed by atoms with Gasteiger partial charge in [-0.1, -0.05) is 18.2 Å². The molecule has 2 aromatic carbocycles. The lowest BCUT2D eigenvalue weighted by Gasteiger charge is -2.19. The van der Waals surface area contributed by atoms with E-state index in [0.717, 1.165) is 33.6 Å². The number of aryl methyl sites for hydroxylation is 2. The molecular weight excluding hydrogens is 328 g/mol. The largest absolute Gasteiger partial charge is 0.491 e. The number of aliphatic hydroxyl groups excluding tert-OH is 1. The van der Waals surface area contributed by atoms with E-state index in [1.165, 1.54) is 5.56 Å². The van der Waals surface area contributed by atoms with Crippen LogP contribution >= 0.6 is 0 Å². The molecule has 0 aliphatic carbocycles. The molecule has 0 saturated carbocycles. The van der Waals surface area contributed by atoms with Crippen LogP contribution in [0.15, 0.2) is 30.3 Å². The molecule has 1 aliphatic rings. The first-order valence-corrected chi connectivity index (χ1v) is 9.06. The van der Waals surface area contributed by atoms with Crippen molar-refractivity contribution in [2.45, 2.75) is 53.1 Å². The highest BCUT2D eigenvalue weighted by Crippen LogP contribution is 2.34. The van der Waals surface area contributed by atoms with E-state index < -0.39 is 5.79 Å². The third-order valence-electron chi connectivity index (χ3n) is 4.90. The van der Waals surface area contributed by atoms with Gasteiger partial charge in [-0.15, -0.1) is 0 Å². The highest BCUT2D eigenvalue weighted by atomic mass is 16.7. The summed E-state index contributed by atoms with van der Waals surface area (Å²) in [6.45, 7) is 11.2. The minimum absolute atomic E-state index is 0.0474. The molecule has 0 spiro atoms. The number of hydrogen-bond donors (Lipinski definition) is 1. The third-order valence-corrected chi connectivity index (χ3v) is 4.90. The lowest BCUT2D eigenvalue weighted by molar-refractivity contribution is -0.141. The van der Waals surface area contributed by atoms with E-state index in [-0.39, 0.29) is 12.7 Å². The molecule has 1 saturated heterocycles. The van der Waals surface area contributed by atoms with Crippen LogP contribution in [-0.4, -0.2) is 30.2 Å². The Morgan fingerprint density at radius 1 is 1.15 bits per heavy atom. The maximum atomic E-state index is 9.54. The number of aliphatic hydroxyl groups is 1. The number of hydrogen-bond acceptors (Lipinski definition) is 4. The number of benzene rings is 2. The molecule has 0 unspecified atom stereocenters. The van der Waals surface area contributed by atoms with Crippen molar-refractivity contribution in [2.75, 3.05) is 13.2 Å². The van der Waals surface area contributed by atoms with Crippen LogP contribution in [-0.2, 0) is 16.1 Å². The zero-order valence-corrected chi connectivity index (χ0v) is 16.3. The van der Waals surface area contributed by atoms with Gasteiger partial charge in [-0.2, -0.15) is 0 Å². The summed E-state index contributed by atoms with van der Waals surface area (Å²) in [7, 11) is 0. The van der Waals surface area contributed by atoms with Crippen molar-refractivity contribution >= 4 is 0 Å². The Kier molecular flexibility index (Phi) is 5.37. The van der Waals surface area contributed by atoms with Gasteiger partial charge in [-0.05, 0) is 80.1 Å². The average Bonchev–Trinajstić information content (AvgIpc) is 2.93. The average molecular weight is 356 g/mol. The highest BCUT2D eigenvalue weighted by Gasteiger charge is 2.33. The first-order valence-electron chi connectivity index (χ1n) is 9.06. The van der Waals surface area contributed by atoms with Crippen molar-refractivity contribution < 1.29 is 19.3 Å². The quantitative estimate of drug-likeness (QED) is 0.868. The predicted molar refractivity (Wildman–Crippen MR) is 102 cm³/mol. The normalized spacial score (nSPS) is 18.9.